The number of benzene rings is 1. The van der Waals surface area contributed by atoms with Gasteiger partial charge in [0.25, 0.3) is 0 Å². The van der Waals surface area contributed by atoms with Gasteiger partial charge in [-0.15, -0.1) is 12.4 Å². The highest BCUT2D eigenvalue weighted by Gasteiger charge is 2.13. The average molecular weight is 295 g/mol. The van der Waals surface area contributed by atoms with E-state index in [0.29, 0.717) is 0 Å². The Morgan fingerprint density at radius 3 is 2.70 bits per heavy atom. The minimum Gasteiger partial charge on any atom is -0.348 e. The summed E-state index contributed by atoms with van der Waals surface area (Å²) >= 11 is 0. The van der Waals surface area contributed by atoms with E-state index in [1.54, 1.807) is 17.8 Å². The molecule has 2 atom stereocenters. The molecular formula is C14H19ClN4O. The largest absolute Gasteiger partial charge is 0.348 e. The molecule has 1 heterocycles. The van der Waals surface area contributed by atoms with E-state index in [2.05, 4.69) is 10.4 Å². The van der Waals surface area contributed by atoms with Crippen LogP contribution in [0.15, 0.2) is 42.7 Å². The molecule has 0 aliphatic carbocycles. The van der Waals surface area contributed by atoms with Crippen LogP contribution in [0.5, 0.6) is 0 Å². The molecule has 5 nitrogen and oxygen atoms in total. The summed E-state index contributed by atoms with van der Waals surface area (Å²) in [7, 11) is 0. The molecule has 0 bridgehead atoms. The first-order valence-corrected chi connectivity index (χ1v) is 6.24. The lowest BCUT2D eigenvalue weighted by Crippen LogP contribution is -2.39. The molecule has 0 fully saturated rings. The maximum absolute atomic E-state index is 11.6. The third-order valence-electron chi connectivity index (χ3n) is 2.91. The van der Waals surface area contributed by atoms with Crippen molar-refractivity contribution >= 4 is 18.3 Å². The third-order valence-corrected chi connectivity index (χ3v) is 2.91. The standard InChI is InChI=1S/C14H18N4O.ClH/c1-10(15)14(19)17-11(2)12-5-3-6-13(9-12)18-8-4-7-16-18;/h3-11H,15H2,1-2H3,(H,17,19);1H/t10-,11?;/m1./s1. The lowest BCUT2D eigenvalue weighted by atomic mass is 10.1. The van der Waals surface area contributed by atoms with Gasteiger partial charge in [-0.1, -0.05) is 12.1 Å². The van der Waals surface area contributed by atoms with Crippen molar-refractivity contribution < 1.29 is 4.79 Å². The van der Waals surface area contributed by atoms with Gasteiger partial charge in [0.15, 0.2) is 0 Å². The van der Waals surface area contributed by atoms with Gasteiger partial charge < -0.3 is 11.1 Å². The number of hydrogen-bond acceptors (Lipinski definition) is 3. The summed E-state index contributed by atoms with van der Waals surface area (Å²) in [4.78, 5) is 11.6. The number of carbonyl (C=O) groups excluding carboxylic acids is 1. The van der Waals surface area contributed by atoms with Crippen molar-refractivity contribution in [3.63, 3.8) is 0 Å². The number of nitrogens with two attached hydrogens (primary N) is 1. The predicted octanol–water partition coefficient (Wildman–Crippen LogP) is 1.82. The first-order valence-electron chi connectivity index (χ1n) is 6.24. The van der Waals surface area contributed by atoms with Crippen molar-refractivity contribution in [1.82, 2.24) is 15.1 Å². The minimum atomic E-state index is -0.503. The van der Waals surface area contributed by atoms with E-state index in [9.17, 15) is 4.79 Å². The maximum atomic E-state index is 11.6. The van der Waals surface area contributed by atoms with Gasteiger partial charge in [0, 0.05) is 12.4 Å². The van der Waals surface area contributed by atoms with Gasteiger partial charge in [-0.25, -0.2) is 4.68 Å². The fourth-order valence-corrected chi connectivity index (χ4v) is 1.79. The second-order valence-electron chi connectivity index (χ2n) is 4.56. The van der Waals surface area contributed by atoms with E-state index >= 15 is 0 Å². The van der Waals surface area contributed by atoms with Crippen LogP contribution < -0.4 is 11.1 Å². The lowest BCUT2D eigenvalue weighted by molar-refractivity contribution is -0.122. The molecule has 0 aliphatic heterocycles. The van der Waals surface area contributed by atoms with E-state index in [4.69, 9.17) is 5.73 Å². The monoisotopic (exact) mass is 294 g/mol. The molecule has 6 heteroatoms. The number of amides is 1. The molecule has 1 unspecified atom stereocenters. The van der Waals surface area contributed by atoms with Crippen LogP contribution in [0.25, 0.3) is 5.69 Å². The molecule has 0 radical (unpaired) electrons. The number of rotatable bonds is 4. The molecule has 20 heavy (non-hydrogen) atoms. The molecule has 1 aromatic heterocycles. The van der Waals surface area contributed by atoms with Crippen LogP contribution >= 0.6 is 12.4 Å². The Morgan fingerprint density at radius 1 is 1.35 bits per heavy atom. The minimum absolute atomic E-state index is 0. The summed E-state index contributed by atoms with van der Waals surface area (Å²) in [6, 6.07) is 9.16. The van der Waals surface area contributed by atoms with Crippen molar-refractivity contribution in [2.24, 2.45) is 5.73 Å². The van der Waals surface area contributed by atoms with Gasteiger partial charge in [-0.05, 0) is 37.6 Å². The van der Waals surface area contributed by atoms with Gasteiger partial charge in [0.05, 0.1) is 17.8 Å². The fraction of sp³-hybridized carbons (Fsp3) is 0.286. The number of nitrogens with one attached hydrogen (secondary N) is 1. The van der Waals surface area contributed by atoms with Gasteiger partial charge in [-0.2, -0.15) is 5.10 Å². The van der Waals surface area contributed by atoms with Gasteiger partial charge >= 0.3 is 0 Å². The molecule has 0 saturated carbocycles. The van der Waals surface area contributed by atoms with Crippen LogP contribution in [0.3, 0.4) is 0 Å². The summed E-state index contributed by atoms with van der Waals surface area (Å²) in [5.41, 5.74) is 7.52. The zero-order valence-corrected chi connectivity index (χ0v) is 12.3. The van der Waals surface area contributed by atoms with Crippen LogP contribution in [0.1, 0.15) is 25.5 Å². The topological polar surface area (TPSA) is 72.9 Å². The predicted molar refractivity (Wildman–Crippen MR) is 81.0 cm³/mol. The quantitative estimate of drug-likeness (QED) is 0.903. The first kappa shape index (κ1) is 16.2. The number of nitrogens with zero attached hydrogens (tertiary/aromatic N) is 2. The van der Waals surface area contributed by atoms with Crippen LogP contribution in [0.2, 0.25) is 0 Å². The SMILES string of the molecule is CC(NC(=O)[C@@H](C)N)c1cccc(-n2cccn2)c1.Cl. The second kappa shape index (κ2) is 7.07. The Labute approximate surface area is 124 Å². The van der Waals surface area contributed by atoms with Crippen LogP contribution in [0, 0.1) is 0 Å². The summed E-state index contributed by atoms with van der Waals surface area (Å²) in [5.74, 6) is -0.156. The molecule has 108 valence electrons. The van der Waals surface area contributed by atoms with Crippen molar-refractivity contribution in [3.8, 4) is 5.69 Å². The molecule has 2 aromatic rings. The Balaban J connectivity index is 0.00000200. The highest BCUT2D eigenvalue weighted by molar-refractivity contribution is 5.85. The molecule has 0 aliphatic rings. The van der Waals surface area contributed by atoms with Crippen molar-refractivity contribution in [3.05, 3.63) is 48.3 Å². The van der Waals surface area contributed by atoms with Crippen molar-refractivity contribution in [2.45, 2.75) is 25.9 Å². The normalized spacial score (nSPS) is 13.2. The Hall–Kier alpha value is -1.85. The number of carbonyl (C=O) groups is 1. The molecule has 2 rings (SSSR count). The molecular weight excluding hydrogens is 276 g/mol. The lowest BCUT2D eigenvalue weighted by Gasteiger charge is -2.16. The van der Waals surface area contributed by atoms with Gasteiger partial charge in [0.1, 0.15) is 0 Å². The first-order chi connectivity index (χ1) is 9.08. The molecule has 3 N–H and O–H groups in total. The molecule has 0 saturated heterocycles. The Kier molecular flexibility index (Phi) is 5.73. The zero-order chi connectivity index (χ0) is 13.8. The number of hydrogen-bond donors (Lipinski definition) is 2. The number of halogens is 1. The highest BCUT2D eigenvalue weighted by Crippen LogP contribution is 2.16. The van der Waals surface area contributed by atoms with Crippen molar-refractivity contribution in [2.75, 3.05) is 0 Å². The summed E-state index contributed by atoms with van der Waals surface area (Å²) < 4.78 is 1.78. The highest BCUT2D eigenvalue weighted by atomic mass is 35.5. The zero-order valence-electron chi connectivity index (χ0n) is 11.5. The fourth-order valence-electron chi connectivity index (χ4n) is 1.79. The summed E-state index contributed by atoms with van der Waals surface area (Å²) in [6.45, 7) is 3.60. The van der Waals surface area contributed by atoms with Gasteiger partial charge in [-0.3, -0.25) is 4.79 Å². The molecule has 1 amide bonds. The van der Waals surface area contributed by atoms with Gasteiger partial charge in [0.2, 0.25) is 5.91 Å². The third kappa shape index (κ3) is 3.82. The van der Waals surface area contributed by atoms with E-state index in [0.717, 1.165) is 11.3 Å². The van der Waals surface area contributed by atoms with E-state index < -0.39 is 6.04 Å². The van der Waals surface area contributed by atoms with Crippen LogP contribution in [-0.2, 0) is 4.79 Å². The van der Waals surface area contributed by atoms with Crippen molar-refractivity contribution in [1.29, 1.82) is 0 Å². The summed E-state index contributed by atoms with van der Waals surface area (Å²) in [5, 5.41) is 7.06. The molecule has 1 aromatic carbocycles. The number of aromatic nitrogens is 2. The van der Waals surface area contributed by atoms with E-state index in [1.165, 1.54) is 0 Å². The average Bonchev–Trinajstić information content (AvgIpc) is 2.92. The van der Waals surface area contributed by atoms with Crippen LogP contribution in [-0.4, -0.2) is 21.7 Å². The maximum Gasteiger partial charge on any atom is 0.237 e. The Morgan fingerprint density at radius 2 is 2.10 bits per heavy atom. The molecule has 0 spiro atoms. The Bertz CT molecular complexity index is 554. The van der Waals surface area contributed by atoms with E-state index in [-0.39, 0.29) is 24.4 Å². The van der Waals surface area contributed by atoms with Crippen LogP contribution in [0.4, 0.5) is 0 Å². The smallest absolute Gasteiger partial charge is 0.237 e. The second-order valence-corrected chi connectivity index (χ2v) is 4.56. The van der Waals surface area contributed by atoms with E-state index in [1.807, 2.05) is 43.5 Å². The summed E-state index contributed by atoms with van der Waals surface area (Å²) in [6.07, 6.45) is 3.61.